The number of carboxylic acids is 1. The zero-order valence-electron chi connectivity index (χ0n) is 15.5. The van der Waals surface area contributed by atoms with Crippen LogP contribution >= 0.6 is 11.3 Å². The third-order valence-electron chi connectivity index (χ3n) is 5.16. The van der Waals surface area contributed by atoms with Crippen LogP contribution in [-0.2, 0) is 4.74 Å². The first-order valence-corrected chi connectivity index (χ1v) is 9.74. The minimum Gasteiger partial charge on any atom is -0.478 e. The predicted molar refractivity (Wildman–Crippen MR) is 109 cm³/mol. The highest BCUT2D eigenvalue weighted by atomic mass is 32.1. The van der Waals surface area contributed by atoms with E-state index in [9.17, 15) is 14.7 Å². The Hall–Kier alpha value is -3.12. The van der Waals surface area contributed by atoms with Crippen molar-refractivity contribution in [1.29, 1.82) is 0 Å². The van der Waals surface area contributed by atoms with Gasteiger partial charge in [-0.1, -0.05) is 48.5 Å². The Morgan fingerprint density at radius 2 is 1.61 bits per heavy atom. The van der Waals surface area contributed by atoms with Crippen molar-refractivity contribution in [2.45, 2.75) is 19.8 Å². The monoisotopic (exact) mass is 393 g/mol. The average Bonchev–Trinajstić information content (AvgIpc) is 3.14. The first kappa shape index (κ1) is 18.3. The zero-order chi connectivity index (χ0) is 19.8. The molecule has 2 aromatic carbocycles. The first-order chi connectivity index (χ1) is 13.5. The molecular formula is C22H19NO4S. The van der Waals surface area contributed by atoms with E-state index < -0.39 is 12.1 Å². The van der Waals surface area contributed by atoms with Crippen molar-refractivity contribution in [3.8, 4) is 11.1 Å². The van der Waals surface area contributed by atoms with Gasteiger partial charge in [0.25, 0.3) is 0 Å². The van der Waals surface area contributed by atoms with E-state index in [0.717, 1.165) is 27.1 Å². The first-order valence-electron chi connectivity index (χ1n) is 8.92. The van der Waals surface area contributed by atoms with Gasteiger partial charge in [0.15, 0.2) is 0 Å². The molecule has 28 heavy (non-hydrogen) atoms. The molecule has 4 rings (SSSR count). The Bertz CT molecular complexity index is 1040. The van der Waals surface area contributed by atoms with E-state index in [-0.39, 0.29) is 18.1 Å². The minimum atomic E-state index is -1.06. The van der Waals surface area contributed by atoms with Crippen LogP contribution < -0.4 is 5.32 Å². The van der Waals surface area contributed by atoms with Gasteiger partial charge in [-0.2, -0.15) is 0 Å². The van der Waals surface area contributed by atoms with E-state index in [2.05, 4.69) is 29.6 Å². The second-order valence-electron chi connectivity index (χ2n) is 6.74. The summed E-state index contributed by atoms with van der Waals surface area (Å²) in [5.74, 6) is -1.10. The van der Waals surface area contributed by atoms with Crippen LogP contribution in [0.5, 0.6) is 0 Å². The standard InChI is InChI=1S/C22H19NO4S/c1-12-13(2)28-20(19(12)21(24)25)23-22(26)27-11-18-16-9-5-3-7-14(16)15-8-4-6-10-17(15)18/h3-10,18H,11H2,1-2H3,(H,23,26)(H,24,25). The second kappa shape index (κ2) is 7.13. The lowest BCUT2D eigenvalue weighted by Crippen LogP contribution is -2.18. The quantitative estimate of drug-likeness (QED) is 0.620. The molecule has 0 spiro atoms. The molecule has 0 fully saturated rings. The molecule has 1 aliphatic rings. The van der Waals surface area contributed by atoms with E-state index in [4.69, 9.17) is 4.74 Å². The summed E-state index contributed by atoms with van der Waals surface area (Å²) in [6, 6.07) is 16.2. The number of aromatic carboxylic acids is 1. The number of aryl methyl sites for hydroxylation is 1. The van der Waals surface area contributed by atoms with Crippen molar-refractivity contribution < 1.29 is 19.4 Å². The summed E-state index contributed by atoms with van der Waals surface area (Å²) in [7, 11) is 0. The molecule has 0 bridgehead atoms. The van der Waals surface area contributed by atoms with Crippen molar-refractivity contribution in [2.75, 3.05) is 11.9 Å². The van der Waals surface area contributed by atoms with E-state index in [1.54, 1.807) is 6.92 Å². The molecule has 142 valence electrons. The fourth-order valence-corrected chi connectivity index (χ4v) is 4.74. The number of nitrogens with one attached hydrogen (secondary N) is 1. The van der Waals surface area contributed by atoms with Gasteiger partial charge in [0.1, 0.15) is 11.6 Å². The maximum Gasteiger partial charge on any atom is 0.412 e. The summed E-state index contributed by atoms with van der Waals surface area (Å²) in [5.41, 5.74) is 5.35. The molecule has 1 aliphatic carbocycles. The Morgan fingerprint density at radius 1 is 1.04 bits per heavy atom. The smallest absolute Gasteiger partial charge is 0.412 e. The molecule has 0 radical (unpaired) electrons. The summed E-state index contributed by atoms with van der Waals surface area (Å²) < 4.78 is 5.49. The number of carbonyl (C=O) groups excluding carboxylic acids is 1. The lowest BCUT2D eigenvalue weighted by Gasteiger charge is -2.14. The molecule has 1 heterocycles. The van der Waals surface area contributed by atoms with Gasteiger partial charge >= 0.3 is 12.1 Å². The number of fused-ring (bicyclic) bond motifs is 3. The second-order valence-corrected chi connectivity index (χ2v) is 7.97. The van der Waals surface area contributed by atoms with Crippen molar-refractivity contribution in [1.82, 2.24) is 0 Å². The van der Waals surface area contributed by atoms with E-state index >= 15 is 0 Å². The van der Waals surface area contributed by atoms with Gasteiger partial charge in [0.2, 0.25) is 0 Å². The number of ether oxygens (including phenoxy) is 1. The summed E-state index contributed by atoms with van der Waals surface area (Å²) in [6.45, 7) is 3.75. The van der Waals surface area contributed by atoms with Gasteiger partial charge in [-0.05, 0) is 41.7 Å². The largest absolute Gasteiger partial charge is 0.478 e. The molecule has 0 atom stereocenters. The number of carbonyl (C=O) groups is 2. The number of rotatable bonds is 4. The lowest BCUT2D eigenvalue weighted by atomic mass is 9.98. The maximum atomic E-state index is 12.4. The third kappa shape index (κ3) is 3.05. The number of hydrogen-bond acceptors (Lipinski definition) is 4. The van der Waals surface area contributed by atoms with Crippen LogP contribution in [0.4, 0.5) is 9.80 Å². The Kier molecular flexibility index (Phi) is 4.65. The summed E-state index contributed by atoms with van der Waals surface area (Å²) in [6.07, 6.45) is -0.648. The van der Waals surface area contributed by atoms with Crippen LogP contribution in [0.3, 0.4) is 0 Å². The molecule has 1 amide bonds. The molecule has 0 saturated carbocycles. The Morgan fingerprint density at radius 3 is 2.18 bits per heavy atom. The van der Waals surface area contributed by atoms with Crippen LogP contribution in [-0.4, -0.2) is 23.8 Å². The SMILES string of the molecule is Cc1sc(NC(=O)OCC2c3ccccc3-c3ccccc32)c(C(=O)O)c1C. The van der Waals surface area contributed by atoms with Crippen LogP contribution in [0.2, 0.25) is 0 Å². The van der Waals surface area contributed by atoms with Crippen LogP contribution in [0.1, 0.15) is 37.8 Å². The maximum absolute atomic E-state index is 12.4. The summed E-state index contributed by atoms with van der Waals surface area (Å²) in [5, 5.41) is 12.3. The van der Waals surface area contributed by atoms with Gasteiger partial charge in [-0.25, -0.2) is 9.59 Å². The van der Waals surface area contributed by atoms with Gasteiger partial charge in [0.05, 0.1) is 5.56 Å². The molecule has 6 heteroatoms. The van der Waals surface area contributed by atoms with Gasteiger partial charge in [-0.3, -0.25) is 5.32 Å². The average molecular weight is 393 g/mol. The molecule has 0 unspecified atom stereocenters. The lowest BCUT2D eigenvalue weighted by molar-refractivity contribution is 0.0697. The number of amides is 1. The predicted octanol–water partition coefficient (Wildman–Crippen LogP) is 5.42. The summed E-state index contributed by atoms with van der Waals surface area (Å²) >= 11 is 1.24. The third-order valence-corrected chi connectivity index (χ3v) is 6.28. The minimum absolute atomic E-state index is 0.0381. The molecule has 0 aliphatic heterocycles. The highest BCUT2D eigenvalue weighted by Gasteiger charge is 2.29. The number of thiophene rings is 1. The fourth-order valence-electron chi connectivity index (χ4n) is 3.70. The van der Waals surface area contributed by atoms with Crippen LogP contribution in [0.15, 0.2) is 48.5 Å². The fraction of sp³-hybridized carbons (Fsp3) is 0.182. The van der Waals surface area contributed by atoms with Crippen molar-refractivity contribution >= 4 is 28.4 Å². The number of anilines is 1. The van der Waals surface area contributed by atoms with Gasteiger partial charge < -0.3 is 9.84 Å². The van der Waals surface area contributed by atoms with Crippen molar-refractivity contribution in [3.63, 3.8) is 0 Å². The number of carboxylic acid groups (broad SMARTS) is 1. The van der Waals surface area contributed by atoms with Crippen molar-refractivity contribution in [2.24, 2.45) is 0 Å². The van der Waals surface area contributed by atoms with Crippen molar-refractivity contribution in [3.05, 3.63) is 75.7 Å². The molecule has 2 N–H and O–H groups in total. The normalized spacial score (nSPS) is 12.4. The Balaban J connectivity index is 1.52. The van der Waals surface area contributed by atoms with Crippen LogP contribution in [0.25, 0.3) is 11.1 Å². The molecule has 3 aromatic rings. The van der Waals surface area contributed by atoms with Gasteiger partial charge in [0, 0.05) is 10.8 Å². The highest BCUT2D eigenvalue weighted by molar-refractivity contribution is 7.16. The summed E-state index contributed by atoms with van der Waals surface area (Å²) in [4.78, 5) is 24.7. The number of benzene rings is 2. The molecular weight excluding hydrogens is 374 g/mol. The molecule has 0 saturated heterocycles. The van der Waals surface area contributed by atoms with Gasteiger partial charge in [-0.15, -0.1) is 11.3 Å². The molecule has 1 aromatic heterocycles. The van der Waals surface area contributed by atoms with Crippen LogP contribution in [0, 0.1) is 13.8 Å². The number of hydrogen-bond donors (Lipinski definition) is 2. The zero-order valence-corrected chi connectivity index (χ0v) is 16.3. The molecule has 5 nitrogen and oxygen atoms in total. The van der Waals surface area contributed by atoms with E-state index in [1.165, 1.54) is 11.3 Å². The Labute approximate surface area is 166 Å². The van der Waals surface area contributed by atoms with E-state index in [1.807, 2.05) is 31.2 Å². The highest BCUT2D eigenvalue weighted by Crippen LogP contribution is 2.44. The topological polar surface area (TPSA) is 75.6 Å². The van der Waals surface area contributed by atoms with E-state index in [0.29, 0.717) is 10.6 Å².